The van der Waals surface area contributed by atoms with Crippen LogP contribution in [0.4, 0.5) is 10.1 Å². The number of nitrogens with one attached hydrogen (secondary N) is 2. The van der Waals surface area contributed by atoms with Crippen LogP contribution in [0, 0.1) is 26.6 Å². The number of halogens is 1. The van der Waals surface area contributed by atoms with Crippen LogP contribution >= 0.6 is 0 Å². The van der Waals surface area contributed by atoms with E-state index in [1.165, 1.54) is 18.2 Å². The molecule has 166 valence electrons. The number of Topliss-reactive ketones (excluding diaryl/α,β-unsaturated/α-hetero) is 1. The molecule has 3 N–H and O–H groups in total. The van der Waals surface area contributed by atoms with Crippen molar-refractivity contribution < 1.29 is 23.9 Å². The molecule has 0 spiro atoms. The standard InChI is InChI=1S/C23H28FN3O4/c1-12-11-16(7-10-18(12)24)26-22(30)19-13(2)20(27(4)14(19)3)21(29)23(31)25-15-5-8-17(28)9-6-15/h7,10-11,15,17,28H,5-6,8-9H2,1-4H3,(H,25,31)(H,26,30)/t15-,17+. The van der Waals surface area contributed by atoms with Gasteiger partial charge in [0.15, 0.2) is 0 Å². The fraction of sp³-hybridized carbons (Fsp3) is 0.435. The summed E-state index contributed by atoms with van der Waals surface area (Å²) in [5.41, 5.74) is 2.27. The van der Waals surface area contributed by atoms with Gasteiger partial charge in [-0.2, -0.15) is 0 Å². The summed E-state index contributed by atoms with van der Waals surface area (Å²) in [6.45, 7) is 4.94. The minimum atomic E-state index is -0.716. The van der Waals surface area contributed by atoms with E-state index in [0.29, 0.717) is 53.8 Å². The van der Waals surface area contributed by atoms with E-state index in [1.807, 2.05) is 0 Å². The molecule has 0 radical (unpaired) electrons. The minimum absolute atomic E-state index is 0.147. The van der Waals surface area contributed by atoms with Gasteiger partial charge in [0.2, 0.25) is 0 Å². The molecule has 0 saturated heterocycles. The first-order chi connectivity index (χ1) is 14.6. The number of aromatic nitrogens is 1. The van der Waals surface area contributed by atoms with Gasteiger partial charge in [0, 0.05) is 24.5 Å². The van der Waals surface area contributed by atoms with Crippen LogP contribution < -0.4 is 10.6 Å². The monoisotopic (exact) mass is 429 g/mol. The smallest absolute Gasteiger partial charge is 0.294 e. The highest BCUT2D eigenvalue weighted by Crippen LogP contribution is 2.24. The molecular formula is C23H28FN3O4. The number of anilines is 1. The van der Waals surface area contributed by atoms with Crippen LogP contribution in [-0.2, 0) is 11.8 Å². The van der Waals surface area contributed by atoms with Gasteiger partial charge < -0.3 is 20.3 Å². The molecule has 0 unspecified atom stereocenters. The number of rotatable bonds is 5. The molecule has 7 nitrogen and oxygen atoms in total. The summed E-state index contributed by atoms with van der Waals surface area (Å²) in [6, 6.07) is 4.13. The van der Waals surface area contributed by atoms with Gasteiger partial charge in [0.25, 0.3) is 17.6 Å². The van der Waals surface area contributed by atoms with E-state index in [2.05, 4.69) is 10.6 Å². The van der Waals surface area contributed by atoms with Crippen molar-refractivity contribution in [2.24, 2.45) is 7.05 Å². The molecule has 1 aromatic heterocycles. The first-order valence-electron chi connectivity index (χ1n) is 10.4. The van der Waals surface area contributed by atoms with Crippen LogP contribution in [0.2, 0.25) is 0 Å². The molecule has 1 aliphatic carbocycles. The number of aliphatic hydroxyl groups excluding tert-OH is 1. The third kappa shape index (κ3) is 4.69. The Morgan fingerprint density at radius 2 is 1.74 bits per heavy atom. The molecular weight excluding hydrogens is 401 g/mol. The summed E-state index contributed by atoms with van der Waals surface area (Å²) >= 11 is 0. The van der Waals surface area contributed by atoms with Crippen molar-refractivity contribution in [2.45, 2.75) is 58.6 Å². The van der Waals surface area contributed by atoms with Gasteiger partial charge in [-0.15, -0.1) is 0 Å². The molecule has 1 saturated carbocycles. The zero-order chi connectivity index (χ0) is 22.9. The van der Waals surface area contributed by atoms with Crippen LogP contribution in [-0.4, -0.2) is 39.4 Å². The van der Waals surface area contributed by atoms with Gasteiger partial charge in [0.1, 0.15) is 5.82 Å². The summed E-state index contributed by atoms with van der Waals surface area (Å²) < 4.78 is 15.0. The van der Waals surface area contributed by atoms with E-state index < -0.39 is 17.6 Å². The SMILES string of the molecule is Cc1cc(NC(=O)c2c(C)c(C(=O)C(=O)N[C@H]3CC[C@@H](O)CC3)n(C)c2C)ccc1F. The number of ketones is 1. The molecule has 3 rings (SSSR count). The van der Waals surface area contributed by atoms with Crippen molar-refractivity contribution in [3.8, 4) is 0 Å². The summed E-state index contributed by atoms with van der Waals surface area (Å²) in [5, 5.41) is 15.1. The Kier molecular flexibility index (Phi) is 6.59. The van der Waals surface area contributed by atoms with Crippen molar-refractivity contribution in [1.82, 2.24) is 9.88 Å². The summed E-state index contributed by atoms with van der Waals surface area (Å²) in [4.78, 5) is 38.4. The van der Waals surface area contributed by atoms with Gasteiger partial charge in [-0.05, 0) is 75.8 Å². The minimum Gasteiger partial charge on any atom is -0.393 e. The lowest BCUT2D eigenvalue weighted by Gasteiger charge is -2.25. The lowest BCUT2D eigenvalue weighted by atomic mass is 9.93. The second kappa shape index (κ2) is 9.01. The van der Waals surface area contributed by atoms with Crippen molar-refractivity contribution in [3.63, 3.8) is 0 Å². The van der Waals surface area contributed by atoms with Crippen molar-refractivity contribution in [2.75, 3.05) is 5.32 Å². The predicted molar refractivity (Wildman–Crippen MR) is 115 cm³/mol. The predicted octanol–water partition coefficient (Wildman–Crippen LogP) is 2.94. The lowest BCUT2D eigenvalue weighted by molar-refractivity contribution is -0.118. The van der Waals surface area contributed by atoms with Crippen molar-refractivity contribution in [3.05, 3.63) is 52.1 Å². The highest BCUT2D eigenvalue weighted by molar-refractivity contribution is 6.43. The molecule has 1 aliphatic rings. The Hall–Kier alpha value is -3.00. The Morgan fingerprint density at radius 3 is 2.35 bits per heavy atom. The Morgan fingerprint density at radius 1 is 1.10 bits per heavy atom. The second-order valence-electron chi connectivity index (χ2n) is 8.22. The van der Waals surface area contributed by atoms with E-state index >= 15 is 0 Å². The van der Waals surface area contributed by atoms with E-state index in [9.17, 15) is 23.9 Å². The van der Waals surface area contributed by atoms with E-state index in [-0.39, 0.29) is 23.7 Å². The fourth-order valence-electron chi connectivity index (χ4n) is 4.13. The number of aryl methyl sites for hydroxylation is 1. The van der Waals surface area contributed by atoms with Crippen molar-refractivity contribution >= 4 is 23.3 Å². The quantitative estimate of drug-likeness (QED) is 0.503. The van der Waals surface area contributed by atoms with E-state index in [4.69, 9.17) is 0 Å². The van der Waals surface area contributed by atoms with Gasteiger partial charge in [-0.25, -0.2) is 4.39 Å². The molecule has 1 heterocycles. The number of hydrogen-bond donors (Lipinski definition) is 3. The average molecular weight is 429 g/mol. The average Bonchev–Trinajstić information content (AvgIpc) is 2.94. The summed E-state index contributed by atoms with van der Waals surface area (Å²) in [5.74, 6) is -2.22. The van der Waals surface area contributed by atoms with Crippen LogP contribution in [0.25, 0.3) is 0 Å². The summed E-state index contributed by atoms with van der Waals surface area (Å²) in [6.07, 6.45) is 2.07. The molecule has 1 fully saturated rings. The maximum absolute atomic E-state index is 13.5. The number of aliphatic hydroxyl groups is 1. The van der Waals surface area contributed by atoms with Gasteiger partial charge >= 0.3 is 0 Å². The second-order valence-corrected chi connectivity index (χ2v) is 8.22. The maximum atomic E-state index is 13.5. The Balaban J connectivity index is 1.80. The van der Waals surface area contributed by atoms with Crippen LogP contribution in [0.3, 0.4) is 0 Å². The van der Waals surface area contributed by atoms with Crippen LogP contribution in [0.1, 0.15) is 63.4 Å². The number of nitrogens with zero attached hydrogens (tertiary/aromatic N) is 1. The molecule has 8 heteroatoms. The van der Waals surface area contributed by atoms with Gasteiger partial charge in [-0.1, -0.05) is 0 Å². The topological polar surface area (TPSA) is 100 Å². The molecule has 0 bridgehead atoms. The molecule has 2 aromatic rings. The van der Waals surface area contributed by atoms with E-state index in [0.717, 1.165) is 0 Å². The van der Waals surface area contributed by atoms with Gasteiger partial charge in [0.05, 0.1) is 17.4 Å². The highest BCUT2D eigenvalue weighted by Gasteiger charge is 2.30. The summed E-state index contributed by atoms with van der Waals surface area (Å²) in [7, 11) is 1.64. The third-order valence-corrected chi connectivity index (χ3v) is 6.03. The zero-order valence-electron chi connectivity index (χ0n) is 18.2. The largest absolute Gasteiger partial charge is 0.393 e. The number of carbonyl (C=O) groups is 3. The molecule has 0 aliphatic heterocycles. The van der Waals surface area contributed by atoms with Crippen molar-refractivity contribution in [1.29, 1.82) is 0 Å². The molecule has 0 atom stereocenters. The Bertz CT molecular complexity index is 1040. The number of hydrogen-bond acceptors (Lipinski definition) is 4. The first-order valence-corrected chi connectivity index (χ1v) is 10.4. The highest BCUT2D eigenvalue weighted by atomic mass is 19.1. The van der Waals surface area contributed by atoms with Gasteiger partial charge in [-0.3, -0.25) is 14.4 Å². The fourth-order valence-corrected chi connectivity index (χ4v) is 4.13. The number of carbonyl (C=O) groups excluding carboxylic acids is 3. The normalized spacial score (nSPS) is 18.5. The number of amides is 2. The number of benzene rings is 1. The van der Waals surface area contributed by atoms with Crippen LogP contribution in [0.5, 0.6) is 0 Å². The molecule has 1 aromatic carbocycles. The lowest BCUT2D eigenvalue weighted by Crippen LogP contribution is -2.42. The zero-order valence-corrected chi connectivity index (χ0v) is 18.2. The van der Waals surface area contributed by atoms with E-state index in [1.54, 1.807) is 32.4 Å². The Labute approximate surface area is 180 Å². The maximum Gasteiger partial charge on any atom is 0.294 e. The first kappa shape index (κ1) is 22.7. The molecule has 31 heavy (non-hydrogen) atoms. The van der Waals surface area contributed by atoms with Crippen LogP contribution in [0.15, 0.2) is 18.2 Å². The third-order valence-electron chi connectivity index (χ3n) is 6.03. The molecule has 2 amide bonds.